The highest BCUT2D eigenvalue weighted by molar-refractivity contribution is 6.33. The van der Waals surface area contributed by atoms with Crippen molar-refractivity contribution in [2.45, 2.75) is 19.8 Å². The Labute approximate surface area is 106 Å². The Kier molecular flexibility index (Phi) is 5.26. The van der Waals surface area contributed by atoms with Crippen LogP contribution in [0, 0.1) is 5.92 Å². The highest BCUT2D eigenvalue weighted by Gasteiger charge is 2.14. The van der Waals surface area contributed by atoms with Crippen LogP contribution >= 0.6 is 23.2 Å². The van der Waals surface area contributed by atoms with Gasteiger partial charge in [0.2, 0.25) is 0 Å². The molecule has 0 saturated carbocycles. The molecule has 1 atom stereocenters. The average molecular weight is 260 g/mol. The lowest BCUT2D eigenvalue weighted by molar-refractivity contribution is -0.121. The number of rotatable bonds is 5. The van der Waals surface area contributed by atoms with Gasteiger partial charge in [-0.2, -0.15) is 0 Å². The van der Waals surface area contributed by atoms with Gasteiger partial charge in [0, 0.05) is 22.4 Å². The van der Waals surface area contributed by atoms with E-state index in [1.54, 1.807) is 18.2 Å². The van der Waals surface area contributed by atoms with Gasteiger partial charge in [0.05, 0.1) is 0 Å². The van der Waals surface area contributed by atoms with E-state index in [9.17, 15) is 4.79 Å². The molecule has 1 unspecified atom stereocenters. The molecule has 1 aromatic carbocycles. The zero-order valence-corrected chi connectivity index (χ0v) is 10.7. The lowest BCUT2D eigenvalue weighted by Gasteiger charge is -2.10. The third-order valence-corrected chi connectivity index (χ3v) is 3.13. The summed E-state index contributed by atoms with van der Waals surface area (Å²) in [5, 5.41) is 1.18. The minimum absolute atomic E-state index is 0.0277. The standard InChI is InChI=1S/C12H15Cl2NO/c1-8(4-5-15)12(16)7-9-6-10(13)2-3-11(9)14/h2-3,6,8H,4-5,7,15H2,1H3. The molecule has 4 heteroatoms. The van der Waals surface area contributed by atoms with Crippen LogP contribution in [0.2, 0.25) is 10.0 Å². The van der Waals surface area contributed by atoms with Crippen LogP contribution in [-0.2, 0) is 11.2 Å². The minimum atomic E-state index is -0.0277. The van der Waals surface area contributed by atoms with Crippen LogP contribution in [0.4, 0.5) is 0 Å². The van der Waals surface area contributed by atoms with Gasteiger partial charge in [0.25, 0.3) is 0 Å². The molecule has 0 fully saturated rings. The minimum Gasteiger partial charge on any atom is -0.330 e. The van der Waals surface area contributed by atoms with Gasteiger partial charge in [-0.15, -0.1) is 0 Å². The smallest absolute Gasteiger partial charge is 0.140 e. The van der Waals surface area contributed by atoms with E-state index >= 15 is 0 Å². The van der Waals surface area contributed by atoms with Crippen molar-refractivity contribution in [3.8, 4) is 0 Å². The Balaban J connectivity index is 2.72. The molecule has 2 N–H and O–H groups in total. The Morgan fingerprint density at radius 3 is 2.75 bits per heavy atom. The van der Waals surface area contributed by atoms with E-state index in [4.69, 9.17) is 28.9 Å². The summed E-state index contributed by atoms with van der Waals surface area (Å²) in [6.07, 6.45) is 1.03. The summed E-state index contributed by atoms with van der Waals surface area (Å²) in [6, 6.07) is 5.15. The van der Waals surface area contributed by atoms with Crippen LogP contribution in [0.3, 0.4) is 0 Å². The zero-order chi connectivity index (χ0) is 12.1. The number of Topliss-reactive ketones (excluding diaryl/α,β-unsaturated/α-hetero) is 1. The van der Waals surface area contributed by atoms with Gasteiger partial charge in [-0.1, -0.05) is 30.1 Å². The molecule has 0 bridgehead atoms. The number of carbonyl (C=O) groups is 1. The van der Waals surface area contributed by atoms with E-state index in [2.05, 4.69) is 0 Å². The maximum atomic E-state index is 11.8. The van der Waals surface area contributed by atoms with Crippen LogP contribution in [-0.4, -0.2) is 12.3 Å². The van der Waals surface area contributed by atoms with Crippen molar-refractivity contribution in [3.63, 3.8) is 0 Å². The third-order valence-electron chi connectivity index (χ3n) is 2.52. The summed E-state index contributed by atoms with van der Waals surface area (Å²) in [5.74, 6) is 0.120. The van der Waals surface area contributed by atoms with Gasteiger partial charge in [-0.05, 0) is 36.7 Å². The van der Waals surface area contributed by atoms with Crippen molar-refractivity contribution in [3.05, 3.63) is 33.8 Å². The summed E-state index contributed by atoms with van der Waals surface area (Å²) in [5.41, 5.74) is 6.20. The molecule has 0 aliphatic rings. The molecule has 0 aromatic heterocycles. The molecular formula is C12H15Cl2NO. The topological polar surface area (TPSA) is 43.1 Å². The van der Waals surface area contributed by atoms with E-state index < -0.39 is 0 Å². The second-order valence-corrected chi connectivity index (χ2v) is 4.70. The zero-order valence-electron chi connectivity index (χ0n) is 9.17. The first kappa shape index (κ1) is 13.5. The van der Waals surface area contributed by atoms with Crippen molar-refractivity contribution < 1.29 is 4.79 Å². The molecule has 88 valence electrons. The van der Waals surface area contributed by atoms with E-state index in [-0.39, 0.29) is 11.7 Å². The van der Waals surface area contributed by atoms with Gasteiger partial charge < -0.3 is 5.73 Å². The van der Waals surface area contributed by atoms with Crippen molar-refractivity contribution in [2.75, 3.05) is 6.54 Å². The summed E-state index contributed by atoms with van der Waals surface area (Å²) >= 11 is 11.8. The van der Waals surface area contributed by atoms with Crippen LogP contribution in [0.15, 0.2) is 18.2 Å². The number of halogens is 2. The van der Waals surface area contributed by atoms with E-state index in [1.165, 1.54) is 0 Å². The largest absolute Gasteiger partial charge is 0.330 e. The summed E-state index contributed by atoms with van der Waals surface area (Å²) in [6.45, 7) is 2.41. The molecule has 0 saturated heterocycles. The fourth-order valence-electron chi connectivity index (χ4n) is 1.45. The lowest BCUT2D eigenvalue weighted by Crippen LogP contribution is -2.17. The first-order valence-corrected chi connectivity index (χ1v) is 5.97. The van der Waals surface area contributed by atoms with E-state index in [0.29, 0.717) is 29.4 Å². The molecule has 0 aliphatic heterocycles. The Morgan fingerprint density at radius 2 is 2.12 bits per heavy atom. The van der Waals surface area contributed by atoms with Crippen molar-refractivity contribution in [1.82, 2.24) is 0 Å². The summed E-state index contributed by atoms with van der Waals surface area (Å²) in [7, 11) is 0. The van der Waals surface area contributed by atoms with Gasteiger partial charge in [0.1, 0.15) is 5.78 Å². The fraction of sp³-hybridized carbons (Fsp3) is 0.417. The lowest BCUT2D eigenvalue weighted by atomic mass is 9.97. The number of hydrogen-bond donors (Lipinski definition) is 1. The third kappa shape index (κ3) is 3.78. The van der Waals surface area contributed by atoms with Gasteiger partial charge in [-0.3, -0.25) is 4.79 Å². The Morgan fingerprint density at radius 1 is 1.44 bits per heavy atom. The molecule has 0 heterocycles. The number of carbonyl (C=O) groups excluding carboxylic acids is 1. The highest BCUT2D eigenvalue weighted by atomic mass is 35.5. The molecule has 0 aliphatic carbocycles. The highest BCUT2D eigenvalue weighted by Crippen LogP contribution is 2.22. The molecule has 2 nitrogen and oxygen atoms in total. The predicted molar refractivity (Wildman–Crippen MR) is 68.0 cm³/mol. The molecule has 16 heavy (non-hydrogen) atoms. The maximum absolute atomic E-state index is 11.8. The molecule has 0 radical (unpaired) electrons. The molecular weight excluding hydrogens is 245 g/mol. The Hall–Kier alpha value is -0.570. The van der Waals surface area contributed by atoms with Crippen molar-refractivity contribution in [1.29, 1.82) is 0 Å². The summed E-state index contributed by atoms with van der Waals surface area (Å²) in [4.78, 5) is 11.8. The van der Waals surface area contributed by atoms with E-state index in [0.717, 1.165) is 5.56 Å². The number of ketones is 1. The normalized spacial score (nSPS) is 12.5. The average Bonchev–Trinajstić information content (AvgIpc) is 2.23. The maximum Gasteiger partial charge on any atom is 0.140 e. The number of hydrogen-bond acceptors (Lipinski definition) is 2. The van der Waals surface area contributed by atoms with Gasteiger partial charge in [-0.25, -0.2) is 0 Å². The quantitative estimate of drug-likeness (QED) is 0.884. The molecule has 1 rings (SSSR count). The van der Waals surface area contributed by atoms with Crippen molar-refractivity contribution >= 4 is 29.0 Å². The molecule has 0 amide bonds. The van der Waals surface area contributed by atoms with Crippen molar-refractivity contribution in [2.24, 2.45) is 11.7 Å². The van der Waals surface area contributed by atoms with Crippen LogP contribution < -0.4 is 5.73 Å². The molecule has 1 aromatic rings. The second-order valence-electron chi connectivity index (χ2n) is 3.86. The SMILES string of the molecule is CC(CCN)C(=O)Cc1cc(Cl)ccc1Cl. The van der Waals surface area contributed by atoms with E-state index in [1.807, 2.05) is 6.92 Å². The summed E-state index contributed by atoms with van der Waals surface area (Å²) < 4.78 is 0. The van der Waals surface area contributed by atoms with Crippen LogP contribution in [0.5, 0.6) is 0 Å². The van der Waals surface area contributed by atoms with Crippen LogP contribution in [0.25, 0.3) is 0 Å². The second kappa shape index (κ2) is 6.24. The first-order chi connectivity index (χ1) is 7.54. The first-order valence-electron chi connectivity index (χ1n) is 5.21. The fourth-order valence-corrected chi connectivity index (χ4v) is 1.83. The van der Waals surface area contributed by atoms with Gasteiger partial charge >= 0.3 is 0 Å². The van der Waals surface area contributed by atoms with Gasteiger partial charge in [0.15, 0.2) is 0 Å². The molecule has 0 spiro atoms. The van der Waals surface area contributed by atoms with Crippen LogP contribution in [0.1, 0.15) is 18.9 Å². The predicted octanol–water partition coefficient (Wildman–Crippen LogP) is 3.09. The monoisotopic (exact) mass is 259 g/mol. The number of nitrogens with two attached hydrogens (primary N) is 1. The number of benzene rings is 1. The Bertz CT molecular complexity index is 379.